The number of halogens is 2. The molecule has 7 heteroatoms. The predicted octanol–water partition coefficient (Wildman–Crippen LogP) is 2.34. The molecular formula is C9H12Cl2N2O2S. The fourth-order valence-electron chi connectivity index (χ4n) is 1.17. The van der Waals surface area contributed by atoms with Crippen molar-refractivity contribution in [2.75, 3.05) is 28.9 Å². The molecule has 0 spiro atoms. The van der Waals surface area contributed by atoms with Crippen molar-refractivity contribution in [3.63, 3.8) is 0 Å². The van der Waals surface area contributed by atoms with Gasteiger partial charge in [0.05, 0.1) is 11.4 Å². The number of nitrogens with zero attached hydrogens (tertiary/aromatic N) is 1. The van der Waals surface area contributed by atoms with Gasteiger partial charge in [-0.25, -0.2) is 8.42 Å². The fraction of sp³-hybridized carbons (Fsp3) is 0.333. The maximum absolute atomic E-state index is 11.4. The molecule has 1 aromatic carbocycles. The summed E-state index contributed by atoms with van der Waals surface area (Å²) in [6.45, 7) is 0. The van der Waals surface area contributed by atoms with Crippen LogP contribution in [0.3, 0.4) is 0 Å². The number of hydrogen-bond donors (Lipinski definition) is 1. The molecule has 0 fully saturated rings. The summed E-state index contributed by atoms with van der Waals surface area (Å²) in [5, 5.41) is -0.0373. The molecule has 1 aromatic rings. The molecule has 0 bridgehead atoms. The first-order valence-corrected chi connectivity index (χ1v) is 6.95. The summed E-state index contributed by atoms with van der Waals surface area (Å²) >= 11 is 11.1. The Kier molecular flexibility index (Phi) is 4.29. The predicted molar refractivity (Wildman–Crippen MR) is 69.0 cm³/mol. The van der Waals surface area contributed by atoms with E-state index in [0.717, 1.165) is 5.69 Å². The standard InChI is InChI=1S/C9H12Cl2N2O2S/c1-13(2)9-4-3-7(11)5-8(9)12-16(14,15)6-10/h3-5,12H,6H2,1-2H3. The van der Waals surface area contributed by atoms with Crippen LogP contribution >= 0.6 is 23.2 Å². The molecule has 0 saturated heterocycles. The first-order chi connectivity index (χ1) is 7.35. The summed E-state index contributed by atoms with van der Waals surface area (Å²) in [6, 6.07) is 4.96. The summed E-state index contributed by atoms with van der Waals surface area (Å²) in [7, 11) is 0.0993. The highest BCUT2D eigenvalue weighted by Crippen LogP contribution is 2.28. The molecular weight excluding hydrogens is 271 g/mol. The topological polar surface area (TPSA) is 49.4 Å². The molecule has 90 valence electrons. The van der Waals surface area contributed by atoms with Crippen LogP contribution in [0.25, 0.3) is 0 Å². The van der Waals surface area contributed by atoms with Crippen LogP contribution in [0.15, 0.2) is 18.2 Å². The lowest BCUT2D eigenvalue weighted by Gasteiger charge is -2.18. The van der Waals surface area contributed by atoms with Gasteiger partial charge in [-0.2, -0.15) is 0 Å². The summed E-state index contributed by atoms with van der Waals surface area (Å²) in [5.41, 5.74) is 1.14. The van der Waals surface area contributed by atoms with Crippen molar-refractivity contribution in [2.45, 2.75) is 0 Å². The van der Waals surface area contributed by atoms with E-state index >= 15 is 0 Å². The Hall–Kier alpha value is -0.650. The van der Waals surface area contributed by atoms with Gasteiger partial charge in [0.2, 0.25) is 10.0 Å². The van der Waals surface area contributed by atoms with Gasteiger partial charge < -0.3 is 4.90 Å². The van der Waals surface area contributed by atoms with Crippen LogP contribution in [0.5, 0.6) is 0 Å². The van der Waals surface area contributed by atoms with Crippen LogP contribution in [0.4, 0.5) is 11.4 Å². The minimum atomic E-state index is -3.52. The van der Waals surface area contributed by atoms with Gasteiger partial charge in [-0.05, 0) is 18.2 Å². The van der Waals surface area contributed by atoms with Gasteiger partial charge >= 0.3 is 0 Å². The first kappa shape index (κ1) is 13.4. The SMILES string of the molecule is CN(C)c1ccc(Cl)cc1NS(=O)(=O)CCl. The van der Waals surface area contributed by atoms with Crippen molar-refractivity contribution in [3.8, 4) is 0 Å². The maximum Gasteiger partial charge on any atom is 0.246 e. The van der Waals surface area contributed by atoms with E-state index in [1.807, 2.05) is 14.1 Å². The molecule has 16 heavy (non-hydrogen) atoms. The van der Waals surface area contributed by atoms with E-state index in [0.29, 0.717) is 10.7 Å². The van der Waals surface area contributed by atoms with Crippen molar-refractivity contribution in [2.24, 2.45) is 0 Å². The van der Waals surface area contributed by atoms with Gasteiger partial charge in [0, 0.05) is 19.1 Å². The van der Waals surface area contributed by atoms with E-state index in [4.69, 9.17) is 23.2 Å². The lowest BCUT2D eigenvalue weighted by molar-refractivity contribution is 0.605. The van der Waals surface area contributed by atoms with Gasteiger partial charge in [-0.1, -0.05) is 11.6 Å². The molecule has 0 unspecified atom stereocenters. The van der Waals surface area contributed by atoms with Crippen molar-refractivity contribution in [1.29, 1.82) is 0 Å². The molecule has 0 aliphatic carbocycles. The van der Waals surface area contributed by atoms with Crippen molar-refractivity contribution < 1.29 is 8.42 Å². The van der Waals surface area contributed by atoms with Gasteiger partial charge in [0.1, 0.15) is 5.21 Å². The van der Waals surface area contributed by atoms with E-state index in [-0.39, 0.29) is 0 Å². The second-order valence-electron chi connectivity index (χ2n) is 3.38. The molecule has 1 N–H and O–H groups in total. The number of hydrogen-bond acceptors (Lipinski definition) is 3. The minimum absolute atomic E-state index is 0.415. The van der Waals surface area contributed by atoms with Crippen LogP contribution in [0.1, 0.15) is 0 Å². The molecule has 0 aliphatic rings. The van der Waals surface area contributed by atoms with E-state index in [9.17, 15) is 8.42 Å². The normalized spacial score (nSPS) is 11.2. The number of nitrogens with one attached hydrogen (secondary N) is 1. The smallest absolute Gasteiger partial charge is 0.246 e. The quantitative estimate of drug-likeness (QED) is 0.863. The zero-order valence-corrected chi connectivity index (χ0v) is 11.2. The number of alkyl halides is 1. The third-order valence-corrected chi connectivity index (χ3v) is 3.76. The second kappa shape index (κ2) is 5.12. The lowest BCUT2D eigenvalue weighted by atomic mass is 10.2. The highest BCUT2D eigenvalue weighted by molar-refractivity contribution is 7.93. The monoisotopic (exact) mass is 282 g/mol. The Bertz CT molecular complexity index is 474. The molecule has 0 atom stereocenters. The molecule has 1 rings (SSSR count). The van der Waals surface area contributed by atoms with Gasteiger partial charge in [0.15, 0.2) is 0 Å². The van der Waals surface area contributed by atoms with Crippen LogP contribution in [0, 0.1) is 0 Å². The zero-order valence-electron chi connectivity index (χ0n) is 8.87. The van der Waals surface area contributed by atoms with E-state index < -0.39 is 15.2 Å². The van der Waals surface area contributed by atoms with Crippen LogP contribution < -0.4 is 9.62 Å². The molecule has 0 heterocycles. The Morgan fingerprint density at radius 3 is 2.50 bits per heavy atom. The summed E-state index contributed by atoms with van der Waals surface area (Å²) in [4.78, 5) is 1.78. The molecule has 0 aliphatic heterocycles. The van der Waals surface area contributed by atoms with Crippen molar-refractivity contribution >= 4 is 44.6 Å². The molecule has 4 nitrogen and oxygen atoms in total. The van der Waals surface area contributed by atoms with Crippen LogP contribution in [0.2, 0.25) is 5.02 Å². The average Bonchev–Trinajstić information content (AvgIpc) is 2.16. The Morgan fingerprint density at radius 2 is 2.00 bits per heavy atom. The van der Waals surface area contributed by atoms with Crippen LogP contribution in [-0.4, -0.2) is 27.7 Å². The number of rotatable bonds is 4. The molecule has 0 radical (unpaired) electrons. The first-order valence-electron chi connectivity index (χ1n) is 4.39. The number of sulfonamides is 1. The van der Waals surface area contributed by atoms with Gasteiger partial charge in [-0.3, -0.25) is 4.72 Å². The Labute approximate surface area is 105 Å². The fourth-order valence-corrected chi connectivity index (χ4v) is 2.06. The van der Waals surface area contributed by atoms with E-state index in [1.54, 1.807) is 23.1 Å². The van der Waals surface area contributed by atoms with E-state index in [2.05, 4.69) is 4.72 Å². The third kappa shape index (κ3) is 3.43. The molecule has 0 amide bonds. The zero-order chi connectivity index (χ0) is 12.3. The number of anilines is 2. The molecule has 0 aromatic heterocycles. The van der Waals surface area contributed by atoms with Gasteiger partial charge in [0.25, 0.3) is 0 Å². The van der Waals surface area contributed by atoms with Gasteiger partial charge in [-0.15, -0.1) is 11.6 Å². The van der Waals surface area contributed by atoms with Crippen molar-refractivity contribution in [3.05, 3.63) is 23.2 Å². The van der Waals surface area contributed by atoms with Crippen molar-refractivity contribution in [1.82, 2.24) is 0 Å². The van der Waals surface area contributed by atoms with E-state index in [1.165, 1.54) is 0 Å². The van der Waals surface area contributed by atoms with Crippen LogP contribution in [-0.2, 0) is 10.0 Å². The molecule has 0 saturated carbocycles. The number of benzene rings is 1. The summed E-state index contributed by atoms with van der Waals surface area (Å²) in [5.74, 6) is 0. The lowest BCUT2D eigenvalue weighted by Crippen LogP contribution is -2.17. The highest BCUT2D eigenvalue weighted by Gasteiger charge is 2.12. The second-order valence-corrected chi connectivity index (χ2v) is 6.12. The Morgan fingerprint density at radius 1 is 1.38 bits per heavy atom. The third-order valence-electron chi connectivity index (χ3n) is 1.85. The largest absolute Gasteiger partial charge is 0.376 e. The minimum Gasteiger partial charge on any atom is -0.376 e. The highest BCUT2D eigenvalue weighted by atomic mass is 35.5. The average molecular weight is 283 g/mol. The summed E-state index contributed by atoms with van der Waals surface area (Å²) in [6.07, 6.45) is 0. The summed E-state index contributed by atoms with van der Waals surface area (Å²) < 4.78 is 25.1. The Balaban J connectivity index is 3.16. The maximum atomic E-state index is 11.4.